The zero-order chi connectivity index (χ0) is 36.9. The van der Waals surface area contributed by atoms with E-state index in [2.05, 4.69) is 42.6 Å². The highest BCUT2D eigenvalue weighted by molar-refractivity contribution is 7.92. The Hall–Kier alpha value is -4.54. The smallest absolute Gasteiger partial charge is 0.405 e. The Bertz CT molecular complexity index is 1830. The Morgan fingerprint density at radius 3 is 2.41 bits per heavy atom. The first-order valence-electron chi connectivity index (χ1n) is 16.8. The maximum absolute atomic E-state index is 12.6. The van der Waals surface area contributed by atoms with Gasteiger partial charge < -0.3 is 35.6 Å². The number of sulfonamides is 1. The standard InChI is InChI=1S/C34H46ClN9O6S/c1-22-18-27(39-33-36-20-25(35)31(40-33)38-26-8-6-7-9-28(26)41(3)51(5,48)49)30(50-4)19-29(22)43-12-10-24(11-13-43)21-42-14-16-44(17-15-42)32(45)23(2)37-34(46)47/h6-9,18-20,23-24,37H,10-17,21H2,1-5H3,(H,46,47)(H2,36,38,39,40). The lowest BCUT2D eigenvalue weighted by Crippen LogP contribution is -2.54. The van der Waals surface area contributed by atoms with E-state index in [0.29, 0.717) is 47.6 Å². The monoisotopic (exact) mass is 743 g/mol. The molecule has 15 nitrogen and oxygen atoms in total. The molecule has 5 rings (SSSR count). The molecule has 2 amide bonds. The van der Waals surface area contributed by atoms with Crippen LogP contribution in [0.2, 0.25) is 5.02 Å². The Morgan fingerprint density at radius 1 is 1.08 bits per heavy atom. The molecule has 2 fully saturated rings. The first-order chi connectivity index (χ1) is 24.2. The fourth-order valence-corrected chi connectivity index (χ4v) is 7.13. The van der Waals surface area contributed by atoms with Crippen molar-refractivity contribution in [3.8, 4) is 5.75 Å². The number of carbonyl (C=O) groups excluding carboxylic acids is 1. The molecule has 276 valence electrons. The van der Waals surface area contributed by atoms with Gasteiger partial charge in [0.2, 0.25) is 21.9 Å². The molecule has 0 bridgehead atoms. The van der Waals surface area contributed by atoms with Crippen LogP contribution < -0.4 is 29.9 Å². The highest BCUT2D eigenvalue weighted by atomic mass is 35.5. The SMILES string of the molecule is COc1cc(N2CCC(CN3CCN(C(=O)C(C)NC(=O)O)CC3)CC2)c(C)cc1Nc1ncc(Cl)c(Nc2ccccc2N(C)S(C)(=O)=O)n1. The molecular formula is C34H46ClN9O6S. The molecular weight excluding hydrogens is 698 g/mol. The predicted octanol–water partition coefficient (Wildman–Crippen LogP) is 4.35. The van der Waals surface area contributed by atoms with Crippen molar-refractivity contribution < 1.29 is 27.9 Å². The summed E-state index contributed by atoms with van der Waals surface area (Å²) in [6.07, 6.45) is 3.49. The second-order valence-electron chi connectivity index (χ2n) is 13.0. The van der Waals surface area contributed by atoms with Gasteiger partial charge in [0, 0.05) is 64.6 Å². The van der Waals surface area contributed by atoms with Crippen LogP contribution in [0, 0.1) is 12.8 Å². The zero-order valence-electron chi connectivity index (χ0n) is 29.5. The summed E-state index contributed by atoms with van der Waals surface area (Å²) in [6, 6.07) is 10.3. The minimum absolute atomic E-state index is 0.182. The molecule has 51 heavy (non-hydrogen) atoms. The van der Waals surface area contributed by atoms with E-state index in [-0.39, 0.29) is 16.9 Å². The third-order valence-corrected chi connectivity index (χ3v) is 10.8. The van der Waals surface area contributed by atoms with E-state index < -0.39 is 22.2 Å². The lowest BCUT2D eigenvalue weighted by molar-refractivity contribution is -0.134. The number of hydrogen-bond acceptors (Lipinski definition) is 11. The lowest BCUT2D eigenvalue weighted by Gasteiger charge is -2.40. The first kappa shape index (κ1) is 37.7. The van der Waals surface area contributed by atoms with E-state index in [1.165, 1.54) is 17.5 Å². The second-order valence-corrected chi connectivity index (χ2v) is 15.4. The molecule has 2 saturated heterocycles. The number of para-hydroxylation sites is 2. The number of anilines is 6. The van der Waals surface area contributed by atoms with Crippen LogP contribution in [0.1, 0.15) is 25.3 Å². The first-order valence-corrected chi connectivity index (χ1v) is 19.0. The van der Waals surface area contributed by atoms with Crippen LogP contribution in [0.4, 0.5) is 39.3 Å². The van der Waals surface area contributed by atoms with E-state index in [1.54, 1.807) is 43.2 Å². The van der Waals surface area contributed by atoms with Crippen LogP contribution in [-0.4, -0.2) is 118 Å². The fraction of sp³-hybridized carbons (Fsp3) is 0.471. The van der Waals surface area contributed by atoms with Crippen molar-refractivity contribution in [2.24, 2.45) is 5.92 Å². The maximum atomic E-state index is 12.6. The van der Waals surface area contributed by atoms with Gasteiger partial charge in [0.05, 0.1) is 36.6 Å². The molecule has 0 spiro atoms. The predicted molar refractivity (Wildman–Crippen MR) is 200 cm³/mol. The Kier molecular flexibility index (Phi) is 12.0. The molecule has 0 aliphatic carbocycles. The number of carbonyl (C=O) groups is 2. The topological polar surface area (TPSA) is 173 Å². The van der Waals surface area contributed by atoms with Gasteiger partial charge in [-0.1, -0.05) is 23.7 Å². The van der Waals surface area contributed by atoms with Crippen LogP contribution in [-0.2, 0) is 14.8 Å². The molecule has 4 N–H and O–H groups in total. The number of methoxy groups -OCH3 is 1. The fourth-order valence-electron chi connectivity index (χ4n) is 6.47. The number of halogens is 1. The molecule has 0 radical (unpaired) electrons. The number of hydrogen-bond donors (Lipinski definition) is 4. The number of piperazine rings is 1. The summed E-state index contributed by atoms with van der Waals surface area (Å²) in [7, 11) is -0.402. The van der Waals surface area contributed by atoms with Gasteiger partial charge in [-0.15, -0.1) is 0 Å². The van der Waals surface area contributed by atoms with Gasteiger partial charge in [-0.05, 0) is 56.4 Å². The molecule has 1 unspecified atom stereocenters. The van der Waals surface area contributed by atoms with E-state index in [4.69, 9.17) is 21.4 Å². The number of amides is 2. The van der Waals surface area contributed by atoms with Crippen LogP contribution in [0.15, 0.2) is 42.6 Å². The van der Waals surface area contributed by atoms with Crippen LogP contribution in [0.5, 0.6) is 5.75 Å². The average Bonchev–Trinajstić information content (AvgIpc) is 3.09. The number of rotatable bonds is 12. The van der Waals surface area contributed by atoms with Gasteiger partial charge in [0.15, 0.2) is 5.82 Å². The van der Waals surface area contributed by atoms with Crippen molar-refractivity contribution in [1.29, 1.82) is 0 Å². The third-order valence-electron chi connectivity index (χ3n) is 9.37. The van der Waals surface area contributed by atoms with Gasteiger partial charge in [0.1, 0.15) is 16.8 Å². The summed E-state index contributed by atoms with van der Waals surface area (Å²) in [5.74, 6) is 1.57. The number of aromatic nitrogens is 2. The molecule has 3 aromatic rings. The minimum atomic E-state index is -3.50. The van der Waals surface area contributed by atoms with E-state index >= 15 is 0 Å². The van der Waals surface area contributed by atoms with E-state index in [1.807, 2.05) is 12.1 Å². The number of benzene rings is 2. The quantitative estimate of drug-likeness (QED) is 0.207. The number of carboxylic acid groups (broad SMARTS) is 1. The van der Waals surface area contributed by atoms with Gasteiger partial charge >= 0.3 is 6.09 Å². The number of nitrogens with zero attached hydrogens (tertiary/aromatic N) is 6. The highest BCUT2D eigenvalue weighted by Crippen LogP contribution is 2.37. The molecule has 0 saturated carbocycles. The number of nitrogens with one attached hydrogen (secondary N) is 3. The van der Waals surface area contributed by atoms with Crippen LogP contribution in [0.3, 0.4) is 0 Å². The number of piperidine rings is 1. The Morgan fingerprint density at radius 2 is 1.76 bits per heavy atom. The highest BCUT2D eigenvalue weighted by Gasteiger charge is 2.29. The minimum Gasteiger partial charge on any atom is -0.494 e. The van der Waals surface area contributed by atoms with Crippen molar-refractivity contribution in [3.05, 3.63) is 53.2 Å². The maximum Gasteiger partial charge on any atom is 0.405 e. The molecule has 1 atom stereocenters. The van der Waals surface area contributed by atoms with Gasteiger partial charge in [-0.25, -0.2) is 18.2 Å². The molecule has 2 aliphatic rings. The molecule has 17 heteroatoms. The summed E-state index contributed by atoms with van der Waals surface area (Å²) < 4.78 is 31.4. The zero-order valence-corrected chi connectivity index (χ0v) is 31.1. The summed E-state index contributed by atoms with van der Waals surface area (Å²) in [5.41, 5.74) is 3.79. The largest absolute Gasteiger partial charge is 0.494 e. The molecule has 2 aliphatic heterocycles. The Labute approximate surface area is 304 Å². The number of aryl methyl sites for hydroxylation is 1. The van der Waals surface area contributed by atoms with Gasteiger partial charge in [-0.2, -0.15) is 4.98 Å². The van der Waals surface area contributed by atoms with E-state index in [9.17, 15) is 18.0 Å². The third kappa shape index (κ3) is 9.42. The van der Waals surface area contributed by atoms with Crippen molar-refractivity contribution in [1.82, 2.24) is 25.1 Å². The second kappa shape index (κ2) is 16.2. The average molecular weight is 744 g/mol. The summed E-state index contributed by atoms with van der Waals surface area (Å²) in [4.78, 5) is 38.9. The molecule has 2 aromatic carbocycles. The summed E-state index contributed by atoms with van der Waals surface area (Å²) in [5, 5.41) is 17.8. The summed E-state index contributed by atoms with van der Waals surface area (Å²) >= 11 is 6.45. The molecule has 1 aromatic heterocycles. The van der Waals surface area contributed by atoms with Crippen molar-refractivity contribution in [3.63, 3.8) is 0 Å². The van der Waals surface area contributed by atoms with E-state index in [0.717, 1.165) is 63.1 Å². The van der Waals surface area contributed by atoms with Crippen molar-refractivity contribution >= 4 is 68.1 Å². The lowest BCUT2D eigenvalue weighted by atomic mass is 9.95. The number of ether oxygens (including phenoxy) is 1. The normalized spacial score (nSPS) is 16.4. The van der Waals surface area contributed by atoms with Crippen LogP contribution >= 0.6 is 11.6 Å². The van der Waals surface area contributed by atoms with Crippen molar-refractivity contribution in [2.45, 2.75) is 32.7 Å². The Balaban J connectivity index is 1.19. The summed E-state index contributed by atoms with van der Waals surface area (Å²) in [6.45, 7) is 9.17. The van der Waals surface area contributed by atoms with Crippen LogP contribution in [0.25, 0.3) is 0 Å². The molecule has 3 heterocycles. The van der Waals surface area contributed by atoms with Crippen molar-refractivity contribution in [2.75, 3.05) is 86.1 Å². The van der Waals surface area contributed by atoms with Gasteiger partial charge in [0.25, 0.3) is 0 Å². The van der Waals surface area contributed by atoms with Gasteiger partial charge in [-0.3, -0.25) is 14.0 Å².